The molecule has 0 bridgehead atoms. The molecule has 0 saturated heterocycles. The molecule has 1 N–H and O–H groups in total. The van der Waals surface area contributed by atoms with E-state index in [4.69, 9.17) is 4.74 Å². The Labute approximate surface area is 168 Å². The van der Waals surface area contributed by atoms with Gasteiger partial charge in [-0.25, -0.2) is 4.79 Å². The van der Waals surface area contributed by atoms with Gasteiger partial charge in [0.2, 0.25) is 0 Å². The van der Waals surface area contributed by atoms with Crippen LogP contribution in [0.5, 0.6) is 0 Å². The second kappa shape index (κ2) is 8.56. The third kappa shape index (κ3) is 4.42. The number of esters is 1. The molecule has 7 heteroatoms. The standard InChI is InChI=1S/C21H25N3O3S/c1-5-10-22-19(25)15(4)27-21(26)18-11-17-14(3)23-24(20(17)28-18)12-16-8-6-13(2)7-9-16/h6-9,11,15H,5,10,12H2,1-4H3,(H,22,25)/t15-/m1/s1. The minimum absolute atomic E-state index is 0.280. The highest BCUT2D eigenvalue weighted by Gasteiger charge is 2.22. The number of ether oxygens (including phenoxy) is 1. The maximum atomic E-state index is 12.5. The van der Waals surface area contributed by atoms with Gasteiger partial charge in [-0.2, -0.15) is 5.10 Å². The molecule has 0 fully saturated rings. The Balaban J connectivity index is 1.77. The van der Waals surface area contributed by atoms with Gasteiger partial charge in [-0.05, 0) is 38.8 Å². The number of carbonyl (C=O) groups excluding carboxylic acids is 2. The van der Waals surface area contributed by atoms with Crippen molar-refractivity contribution in [1.29, 1.82) is 0 Å². The van der Waals surface area contributed by atoms with Gasteiger partial charge < -0.3 is 10.1 Å². The number of aryl methyl sites for hydroxylation is 2. The molecule has 0 aliphatic rings. The highest BCUT2D eigenvalue weighted by molar-refractivity contribution is 7.20. The summed E-state index contributed by atoms with van der Waals surface area (Å²) in [5.74, 6) is -0.764. The summed E-state index contributed by atoms with van der Waals surface area (Å²) in [4.78, 5) is 25.8. The van der Waals surface area contributed by atoms with Crippen LogP contribution in [0.15, 0.2) is 30.3 Å². The summed E-state index contributed by atoms with van der Waals surface area (Å²) in [5, 5.41) is 8.27. The molecule has 148 valence electrons. The van der Waals surface area contributed by atoms with Crippen LogP contribution in [0.2, 0.25) is 0 Å². The molecule has 0 unspecified atom stereocenters. The first kappa shape index (κ1) is 20.1. The quantitative estimate of drug-likeness (QED) is 0.613. The van der Waals surface area contributed by atoms with E-state index >= 15 is 0 Å². The van der Waals surface area contributed by atoms with Crippen molar-refractivity contribution in [3.8, 4) is 0 Å². The van der Waals surface area contributed by atoms with Gasteiger partial charge in [0.05, 0.1) is 12.2 Å². The summed E-state index contributed by atoms with van der Waals surface area (Å²) < 4.78 is 7.25. The van der Waals surface area contributed by atoms with E-state index < -0.39 is 12.1 Å². The van der Waals surface area contributed by atoms with Crippen LogP contribution in [0.1, 0.15) is 46.8 Å². The smallest absolute Gasteiger partial charge is 0.349 e. The SMILES string of the molecule is CCCNC(=O)[C@@H](C)OC(=O)c1cc2c(C)nn(Cc3ccc(C)cc3)c2s1. The average molecular weight is 400 g/mol. The second-order valence-corrected chi connectivity index (χ2v) is 7.93. The zero-order chi connectivity index (χ0) is 20.3. The highest BCUT2D eigenvalue weighted by atomic mass is 32.1. The summed E-state index contributed by atoms with van der Waals surface area (Å²) in [6.07, 6.45) is 0.00820. The molecule has 2 aromatic heterocycles. The van der Waals surface area contributed by atoms with Crippen LogP contribution >= 0.6 is 11.3 Å². The molecule has 1 atom stereocenters. The van der Waals surface area contributed by atoms with Gasteiger partial charge in [0.25, 0.3) is 5.91 Å². The monoisotopic (exact) mass is 399 g/mol. The van der Waals surface area contributed by atoms with Crippen molar-refractivity contribution in [2.75, 3.05) is 6.54 Å². The Morgan fingerprint density at radius 1 is 1.25 bits per heavy atom. The molecular weight excluding hydrogens is 374 g/mol. The van der Waals surface area contributed by atoms with Gasteiger partial charge in [0.1, 0.15) is 9.71 Å². The lowest BCUT2D eigenvalue weighted by atomic mass is 10.1. The Bertz CT molecular complexity index is 988. The van der Waals surface area contributed by atoms with E-state index in [1.807, 2.05) is 18.5 Å². The van der Waals surface area contributed by atoms with Crippen molar-refractivity contribution in [1.82, 2.24) is 15.1 Å². The van der Waals surface area contributed by atoms with Gasteiger partial charge in [-0.1, -0.05) is 36.8 Å². The van der Waals surface area contributed by atoms with E-state index in [1.165, 1.54) is 16.9 Å². The number of aromatic nitrogens is 2. The zero-order valence-electron chi connectivity index (χ0n) is 16.6. The van der Waals surface area contributed by atoms with E-state index in [9.17, 15) is 9.59 Å². The first-order valence-electron chi connectivity index (χ1n) is 9.40. The number of rotatable bonds is 7. The van der Waals surface area contributed by atoms with Gasteiger partial charge in [-0.3, -0.25) is 9.48 Å². The van der Waals surface area contributed by atoms with Crippen LogP contribution in [-0.2, 0) is 16.1 Å². The fourth-order valence-corrected chi connectivity index (χ4v) is 3.89. The maximum Gasteiger partial charge on any atom is 0.349 e. The van der Waals surface area contributed by atoms with E-state index in [0.29, 0.717) is 18.0 Å². The third-order valence-corrected chi connectivity index (χ3v) is 5.59. The minimum atomic E-state index is -0.825. The number of hydrogen-bond acceptors (Lipinski definition) is 5. The summed E-state index contributed by atoms with van der Waals surface area (Å²) in [6.45, 7) is 8.74. The van der Waals surface area contributed by atoms with Crippen molar-refractivity contribution in [2.45, 2.75) is 46.8 Å². The molecule has 3 aromatic rings. The molecule has 0 saturated carbocycles. The van der Waals surface area contributed by atoms with Crippen molar-refractivity contribution >= 4 is 33.4 Å². The molecule has 6 nitrogen and oxygen atoms in total. The van der Waals surface area contributed by atoms with Crippen molar-refractivity contribution in [3.63, 3.8) is 0 Å². The van der Waals surface area contributed by atoms with E-state index in [0.717, 1.165) is 27.9 Å². The number of hydrogen-bond donors (Lipinski definition) is 1. The maximum absolute atomic E-state index is 12.5. The second-order valence-electron chi connectivity index (χ2n) is 6.90. The normalized spacial score (nSPS) is 12.1. The van der Waals surface area contributed by atoms with Crippen LogP contribution in [-0.4, -0.2) is 34.3 Å². The van der Waals surface area contributed by atoms with E-state index in [2.05, 4.69) is 41.6 Å². The lowest BCUT2D eigenvalue weighted by molar-refractivity contribution is -0.129. The predicted molar refractivity (Wildman–Crippen MR) is 111 cm³/mol. The van der Waals surface area contributed by atoms with Crippen LogP contribution in [0.25, 0.3) is 10.2 Å². The van der Waals surface area contributed by atoms with Crippen LogP contribution in [0.4, 0.5) is 0 Å². The molecule has 0 aliphatic carbocycles. The molecule has 0 radical (unpaired) electrons. The number of thiophene rings is 1. The largest absolute Gasteiger partial charge is 0.448 e. The van der Waals surface area contributed by atoms with E-state index in [1.54, 1.807) is 13.0 Å². The predicted octanol–water partition coefficient (Wildman–Crippen LogP) is 3.83. The molecule has 1 aromatic carbocycles. The third-order valence-electron chi connectivity index (χ3n) is 4.46. The van der Waals surface area contributed by atoms with Crippen molar-refractivity contribution in [2.24, 2.45) is 0 Å². The van der Waals surface area contributed by atoms with Gasteiger partial charge in [-0.15, -0.1) is 11.3 Å². The number of nitrogens with zero attached hydrogens (tertiary/aromatic N) is 2. The average Bonchev–Trinajstić information content (AvgIpc) is 3.23. The Kier molecular flexibility index (Phi) is 6.14. The zero-order valence-corrected chi connectivity index (χ0v) is 17.4. The summed E-state index contributed by atoms with van der Waals surface area (Å²) in [7, 11) is 0. The Morgan fingerprint density at radius 3 is 2.64 bits per heavy atom. The summed E-state index contributed by atoms with van der Waals surface area (Å²) in [5.41, 5.74) is 3.23. The molecule has 0 aliphatic heterocycles. The van der Waals surface area contributed by atoms with Gasteiger partial charge in [0, 0.05) is 11.9 Å². The molecule has 28 heavy (non-hydrogen) atoms. The van der Waals surface area contributed by atoms with Crippen molar-refractivity contribution in [3.05, 3.63) is 52.0 Å². The van der Waals surface area contributed by atoms with Crippen LogP contribution in [0, 0.1) is 13.8 Å². The number of carbonyl (C=O) groups is 2. The van der Waals surface area contributed by atoms with E-state index in [-0.39, 0.29) is 5.91 Å². The fraction of sp³-hybridized carbons (Fsp3) is 0.381. The lowest BCUT2D eigenvalue weighted by Gasteiger charge is -2.12. The first-order chi connectivity index (χ1) is 13.4. The Morgan fingerprint density at radius 2 is 1.96 bits per heavy atom. The number of nitrogens with one attached hydrogen (secondary N) is 1. The molecule has 2 heterocycles. The number of fused-ring (bicyclic) bond motifs is 1. The Hall–Kier alpha value is -2.67. The van der Waals surface area contributed by atoms with Crippen LogP contribution < -0.4 is 5.32 Å². The van der Waals surface area contributed by atoms with Crippen LogP contribution in [0.3, 0.4) is 0 Å². The topological polar surface area (TPSA) is 73.2 Å². The number of benzene rings is 1. The minimum Gasteiger partial charge on any atom is -0.448 e. The van der Waals surface area contributed by atoms with Crippen molar-refractivity contribution < 1.29 is 14.3 Å². The molecule has 1 amide bonds. The number of amides is 1. The highest BCUT2D eigenvalue weighted by Crippen LogP contribution is 2.29. The summed E-state index contributed by atoms with van der Waals surface area (Å²) in [6, 6.07) is 10.1. The first-order valence-corrected chi connectivity index (χ1v) is 10.2. The lowest BCUT2D eigenvalue weighted by Crippen LogP contribution is -2.36. The molecular formula is C21H25N3O3S. The summed E-state index contributed by atoms with van der Waals surface area (Å²) >= 11 is 1.34. The molecule has 3 rings (SSSR count). The fourth-order valence-electron chi connectivity index (χ4n) is 2.85. The van der Waals surface area contributed by atoms with Gasteiger partial charge in [0.15, 0.2) is 6.10 Å². The molecule has 0 spiro atoms. The van der Waals surface area contributed by atoms with Gasteiger partial charge >= 0.3 is 5.97 Å².